The first-order valence-corrected chi connectivity index (χ1v) is 11.0. The number of fused-ring (bicyclic) bond motifs is 3. The number of anilines is 1. The summed E-state index contributed by atoms with van der Waals surface area (Å²) in [5.41, 5.74) is 1.94. The third-order valence-corrected chi connectivity index (χ3v) is 6.13. The second-order valence-electron chi connectivity index (χ2n) is 8.32. The summed E-state index contributed by atoms with van der Waals surface area (Å²) in [6, 6.07) is 0.748. The van der Waals surface area contributed by atoms with Crippen molar-refractivity contribution in [2.75, 3.05) is 33.0 Å². The van der Waals surface area contributed by atoms with Gasteiger partial charge in [-0.3, -0.25) is 14.3 Å². The number of aromatic nitrogens is 3. The van der Waals surface area contributed by atoms with Crippen molar-refractivity contribution >= 4 is 33.6 Å². The summed E-state index contributed by atoms with van der Waals surface area (Å²) >= 11 is 3.02. The zero-order chi connectivity index (χ0) is 23.2. The number of carbonyl (C=O) groups is 2. The number of carbonyl (C=O) groups excluding carboxylic acids is 2. The largest absolute Gasteiger partial charge is 0.322 e. The molecule has 2 atom stereocenters. The average molecular weight is 510 g/mol. The van der Waals surface area contributed by atoms with E-state index in [1.54, 1.807) is 16.6 Å². The van der Waals surface area contributed by atoms with Crippen molar-refractivity contribution in [3.8, 4) is 0 Å². The van der Waals surface area contributed by atoms with Crippen LogP contribution in [0.1, 0.15) is 28.7 Å². The van der Waals surface area contributed by atoms with Crippen LogP contribution in [0.4, 0.5) is 14.9 Å². The Bertz CT molecular complexity index is 1060. The molecule has 172 valence electrons. The Morgan fingerprint density at radius 1 is 1.44 bits per heavy atom. The fourth-order valence-corrected chi connectivity index (χ4v) is 4.42. The zero-order valence-electron chi connectivity index (χ0n) is 18.3. The lowest BCUT2D eigenvalue weighted by Crippen LogP contribution is -2.45. The number of nitrogens with zero attached hydrogens (tertiary/aromatic N) is 6. The molecule has 2 aromatic rings. The molecule has 2 aliphatic rings. The molecular formula is C20H25BrFN7O3. The van der Waals surface area contributed by atoms with E-state index in [2.05, 4.69) is 31.3 Å². The third kappa shape index (κ3) is 4.21. The number of hydroxylamine groups is 2. The lowest BCUT2D eigenvalue weighted by molar-refractivity contribution is -0.152. The van der Waals surface area contributed by atoms with E-state index in [0.29, 0.717) is 30.8 Å². The van der Waals surface area contributed by atoms with Crippen LogP contribution < -0.4 is 5.32 Å². The first-order chi connectivity index (χ1) is 15.2. The summed E-state index contributed by atoms with van der Waals surface area (Å²) < 4.78 is 16.0. The highest BCUT2D eigenvalue weighted by Gasteiger charge is 2.37. The molecular weight excluding hydrogens is 485 g/mol. The molecule has 0 saturated heterocycles. The molecule has 0 aliphatic carbocycles. The SMILES string of the molecule is C[C@@H]1Cc2nn3c(c2CN1C(=O)Nc1ccnc(Br)c1F)C(=O)N(C)OC(CN(C)C)C3. The van der Waals surface area contributed by atoms with Crippen LogP contribution in [0.2, 0.25) is 0 Å². The van der Waals surface area contributed by atoms with Crippen LogP contribution in [0, 0.1) is 5.82 Å². The normalized spacial score (nSPS) is 20.8. The van der Waals surface area contributed by atoms with Crippen LogP contribution in [0.5, 0.6) is 0 Å². The summed E-state index contributed by atoms with van der Waals surface area (Å²) in [5, 5.41) is 8.53. The fourth-order valence-electron chi connectivity index (χ4n) is 4.09. The minimum atomic E-state index is -0.647. The number of pyridine rings is 1. The van der Waals surface area contributed by atoms with E-state index in [4.69, 9.17) is 4.84 Å². The molecule has 0 saturated carbocycles. The van der Waals surface area contributed by atoms with E-state index in [9.17, 15) is 14.0 Å². The van der Waals surface area contributed by atoms with Crippen molar-refractivity contribution in [3.63, 3.8) is 0 Å². The Balaban J connectivity index is 1.61. The quantitative estimate of drug-likeness (QED) is 0.636. The highest BCUT2D eigenvalue weighted by atomic mass is 79.9. The van der Waals surface area contributed by atoms with Gasteiger partial charge in [0.05, 0.1) is 24.5 Å². The van der Waals surface area contributed by atoms with E-state index < -0.39 is 11.8 Å². The van der Waals surface area contributed by atoms with E-state index >= 15 is 0 Å². The highest BCUT2D eigenvalue weighted by molar-refractivity contribution is 9.10. The number of hydrogen-bond acceptors (Lipinski definition) is 6. The van der Waals surface area contributed by atoms with Crippen LogP contribution in [0.15, 0.2) is 16.9 Å². The second-order valence-corrected chi connectivity index (χ2v) is 9.07. The molecule has 4 heterocycles. The van der Waals surface area contributed by atoms with E-state index in [1.165, 1.54) is 17.3 Å². The van der Waals surface area contributed by atoms with E-state index in [0.717, 1.165) is 5.69 Å². The maximum Gasteiger partial charge on any atom is 0.322 e. The van der Waals surface area contributed by atoms with Crippen LogP contribution in [-0.4, -0.2) is 81.4 Å². The monoisotopic (exact) mass is 509 g/mol. The van der Waals surface area contributed by atoms with Gasteiger partial charge in [-0.15, -0.1) is 0 Å². The molecule has 12 heteroatoms. The van der Waals surface area contributed by atoms with Gasteiger partial charge in [0, 0.05) is 37.8 Å². The van der Waals surface area contributed by atoms with E-state index in [1.807, 2.05) is 25.9 Å². The Hall–Kier alpha value is -2.57. The first-order valence-electron chi connectivity index (χ1n) is 10.2. The second kappa shape index (κ2) is 8.75. The molecule has 0 radical (unpaired) electrons. The first kappa shape index (κ1) is 22.6. The molecule has 4 rings (SSSR count). The summed E-state index contributed by atoms with van der Waals surface area (Å²) in [5.74, 6) is -0.953. The number of urea groups is 1. The summed E-state index contributed by atoms with van der Waals surface area (Å²) in [6.07, 6.45) is 1.64. The van der Waals surface area contributed by atoms with Crippen LogP contribution in [-0.2, 0) is 24.3 Å². The van der Waals surface area contributed by atoms with Gasteiger partial charge >= 0.3 is 6.03 Å². The lowest BCUT2D eigenvalue weighted by atomic mass is 9.99. The maximum absolute atomic E-state index is 14.3. The standard InChI is InChI=1S/C20H25BrFN7O3/c1-11-7-15-13(10-28(11)20(31)24-14-5-6-23-18(21)16(14)22)17-19(30)27(4)32-12(8-26(2)3)9-29(17)25-15/h5-6,11-12H,7-10H2,1-4H3,(H,23,24,31)/t11-,12?/m1/s1. The molecule has 2 aromatic heterocycles. The minimum absolute atomic E-state index is 0.0205. The van der Waals surface area contributed by atoms with Crippen molar-refractivity contribution in [2.24, 2.45) is 0 Å². The third-order valence-electron chi connectivity index (χ3n) is 5.57. The summed E-state index contributed by atoms with van der Waals surface area (Å²) in [7, 11) is 5.46. The molecule has 2 aliphatic heterocycles. The predicted molar refractivity (Wildman–Crippen MR) is 117 cm³/mol. The molecule has 1 unspecified atom stereocenters. The topological polar surface area (TPSA) is 95.8 Å². The number of rotatable bonds is 3. The van der Waals surface area contributed by atoms with E-state index in [-0.39, 0.29) is 34.9 Å². The predicted octanol–water partition coefficient (Wildman–Crippen LogP) is 2.11. The van der Waals surface area contributed by atoms with Crippen molar-refractivity contribution in [1.82, 2.24) is 29.6 Å². The zero-order valence-corrected chi connectivity index (χ0v) is 19.9. The van der Waals surface area contributed by atoms with Gasteiger partial charge in [0.2, 0.25) is 0 Å². The highest BCUT2D eigenvalue weighted by Crippen LogP contribution is 2.29. The van der Waals surface area contributed by atoms with Gasteiger partial charge in [0.15, 0.2) is 5.82 Å². The van der Waals surface area contributed by atoms with Crippen LogP contribution in [0.3, 0.4) is 0 Å². The molecule has 0 bridgehead atoms. The van der Waals surface area contributed by atoms with Gasteiger partial charge < -0.3 is 15.1 Å². The Morgan fingerprint density at radius 2 is 2.19 bits per heavy atom. The number of hydrogen-bond donors (Lipinski definition) is 1. The smallest absolute Gasteiger partial charge is 0.317 e. The van der Waals surface area contributed by atoms with Gasteiger partial charge in [0.25, 0.3) is 5.91 Å². The van der Waals surface area contributed by atoms with Gasteiger partial charge in [-0.2, -0.15) is 5.10 Å². The Morgan fingerprint density at radius 3 is 2.91 bits per heavy atom. The Kier molecular flexibility index (Phi) is 6.19. The summed E-state index contributed by atoms with van der Waals surface area (Å²) in [6.45, 7) is 3.13. The molecule has 0 spiro atoms. The molecule has 0 fully saturated rings. The van der Waals surface area contributed by atoms with Gasteiger partial charge in [-0.1, -0.05) is 0 Å². The fraction of sp³-hybridized carbons (Fsp3) is 0.500. The van der Waals surface area contributed by atoms with Gasteiger partial charge in [0.1, 0.15) is 16.4 Å². The minimum Gasteiger partial charge on any atom is -0.317 e. The number of nitrogens with one attached hydrogen (secondary N) is 1. The van der Waals surface area contributed by atoms with Gasteiger partial charge in [-0.25, -0.2) is 19.2 Å². The van der Waals surface area contributed by atoms with Crippen molar-refractivity contribution in [1.29, 1.82) is 0 Å². The average Bonchev–Trinajstić information content (AvgIpc) is 3.00. The molecule has 1 N–H and O–H groups in total. The Labute approximate surface area is 193 Å². The molecule has 32 heavy (non-hydrogen) atoms. The molecule has 3 amide bonds. The van der Waals surface area contributed by atoms with Crippen LogP contribution >= 0.6 is 15.9 Å². The van der Waals surface area contributed by atoms with Crippen molar-refractivity contribution in [2.45, 2.75) is 38.6 Å². The summed E-state index contributed by atoms with van der Waals surface area (Å²) in [4.78, 5) is 39.2. The number of likely N-dealkylation sites (N-methyl/N-ethyl adjacent to an activating group) is 1. The lowest BCUT2D eigenvalue weighted by Gasteiger charge is -2.33. The maximum atomic E-state index is 14.3. The molecule has 0 aromatic carbocycles. The van der Waals surface area contributed by atoms with Crippen molar-refractivity contribution in [3.05, 3.63) is 39.6 Å². The van der Waals surface area contributed by atoms with Gasteiger partial charge in [-0.05, 0) is 43.0 Å². The molecule has 10 nitrogen and oxygen atoms in total. The number of amides is 3. The van der Waals surface area contributed by atoms with Crippen molar-refractivity contribution < 1.29 is 18.8 Å². The number of halogens is 2. The van der Waals surface area contributed by atoms with Crippen LogP contribution in [0.25, 0.3) is 0 Å².